The number of halogens is 1. The first-order valence-corrected chi connectivity index (χ1v) is 6.23. The zero-order chi connectivity index (χ0) is 13.5. The minimum absolute atomic E-state index is 0.346. The van der Waals surface area contributed by atoms with Crippen LogP contribution in [0.1, 0.15) is 6.42 Å². The molecule has 0 aliphatic rings. The Morgan fingerprint density at radius 3 is 2.33 bits per heavy atom. The second kappa shape index (κ2) is 7.35. The van der Waals surface area contributed by atoms with E-state index in [1.807, 2.05) is 24.3 Å². The SMILES string of the molecule is COC(CC(Nc1ccc(Br)cc1)C(N)=O)OC. The van der Waals surface area contributed by atoms with Gasteiger partial charge in [0.25, 0.3) is 0 Å². The van der Waals surface area contributed by atoms with Crippen molar-refractivity contribution < 1.29 is 14.3 Å². The van der Waals surface area contributed by atoms with Crippen LogP contribution in [-0.2, 0) is 14.3 Å². The van der Waals surface area contributed by atoms with Gasteiger partial charge in [0.15, 0.2) is 6.29 Å². The van der Waals surface area contributed by atoms with Crippen LogP contribution in [0.15, 0.2) is 28.7 Å². The first-order chi connectivity index (χ1) is 8.56. The van der Waals surface area contributed by atoms with Crippen molar-refractivity contribution in [3.05, 3.63) is 28.7 Å². The Bertz CT molecular complexity index is 379. The van der Waals surface area contributed by atoms with Crippen LogP contribution < -0.4 is 11.1 Å². The van der Waals surface area contributed by atoms with E-state index in [2.05, 4.69) is 21.2 Å². The van der Waals surface area contributed by atoms with Crippen LogP contribution in [0.5, 0.6) is 0 Å². The standard InChI is InChI=1S/C12H17BrN2O3/c1-17-11(18-2)7-10(12(14)16)15-9-5-3-8(13)4-6-9/h3-6,10-11,15H,7H2,1-2H3,(H2,14,16). The number of anilines is 1. The third kappa shape index (κ3) is 4.64. The molecular weight excluding hydrogens is 300 g/mol. The highest BCUT2D eigenvalue weighted by Gasteiger charge is 2.20. The lowest BCUT2D eigenvalue weighted by molar-refractivity contribution is -0.127. The number of benzene rings is 1. The van der Waals surface area contributed by atoms with Crippen molar-refractivity contribution >= 4 is 27.5 Å². The van der Waals surface area contributed by atoms with Gasteiger partial charge in [0, 0.05) is 30.8 Å². The van der Waals surface area contributed by atoms with Crippen LogP contribution >= 0.6 is 15.9 Å². The Morgan fingerprint density at radius 2 is 1.89 bits per heavy atom. The zero-order valence-corrected chi connectivity index (χ0v) is 11.9. The molecule has 0 spiro atoms. The van der Waals surface area contributed by atoms with E-state index in [4.69, 9.17) is 15.2 Å². The molecule has 1 aromatic rings. The van der Waals surface area contributed by atoms with E-state index in [1.165, 1.54) is 14.2 Å². The molecule has 1 unspecified atom stereocenters. The number of nitrogens with one attached hydrogen (secondary N) is 1. The molecule has 0 bridgehead atoms. The number of nitrogens with two attached hydrogens (primary N) is 1. The van der Waals surface area contributed by atoms with Gasteiger partial charge in [-0.25, -0.2) is 0 Å². The molecule has 3 N–H and O–H groups in total. The monoisotopic (exact) mass is 316 g/mol. The third-order valence-corrected chi connectivity index (χ3v) is 3.01. The number of methoxy groups -OCH3 is 2. The summed E-state index contributed by atoms with van der Waals surface area (Å²) in [4.78, 5) is 11.4. The second-order valence-electron chi connectivity index (χ2n) is 3.74. The fraction of sp³-hybridized carbons (Fsp3) is 0.417. The van der Waals surface area contributed by atoms with Crippen LogP contribution in [0.2, 0.25) is 0 Å². The molecule has 0 saturated carbocycles. The van der Waals surface area contributed by atoms with Crippen LogP contribution in [0.3, 0.4) is 0 Å². The third-order valence-electron chi connectivity index (χ3n) is 2.48. The Balaban J connectivity index is 2.68. The molecule has 0 saturated heterocycles. The average Bonchev–Trinajstić information content (AvgIpc) is 2.36. The Hall–Kier alpha value is -1.11. The van der Waals surface area contributed by atoms with Gasteiger partial charge in [-0.05, 0) is 24.3 Å². The van der Waals surface area contributed by atoms with E-state index < -0.39 is 18.2 Å². The maximum Gasteiger partial charge on any atom is 0.240 e. The molecule has 5 nitrogen and oxygen atoms in total. The highest BCUT2D eigenvalue weighted by atomic mass is 79.9. The number of hydrogen-bond acceptors (Lipinski definition) is 4. The average molecular weight is 317 g/mol. The lowest BCUT2D eigenvalue weighted by Crippen LogP contribution is -2.39. The van der Waals surface area contributed by atoms with Crippen molar-refractivity contribution in [2.24, 2.45) is 5.73 Å². The summed E-state index contributed by atoms with van der Waals surface area (Å²) >= 11 is 3.34. The molecule has 1 atom stereocenters. The van der Waals surface area contributed by atoms with E-state index in [1.54, 1.807) is 0 Å². The van der Waals surface area contributed by atoms with Gasteiger partial charge in [0.1, 0.15) is 6.04 Å². The molecule has 0 aliphatic heterocycles. The molecule has 1 rings (SSSR count). The Kier molecular flexibility index (Phi) is 6.11. The summed E-state index contributed by atoms with van der Waals surface area (Å²) in [5.41, 5.74) is 6.16. The highest BCUT2D eigenvalue weighted by Crippen LogP contribution is 2.16. The number of rotatable bonds is 7. The van der Waals surface area contributed by atoms with Crippen molar-refractivity contribution in [3.63, 3.8) is 0 Å². The molecule has 100 valence electrons. The van der Waals surface area contributed by atoms with Crippen LogP contribution in [0.25, 0.3) is 0 Å². The normalized spacial score (nSPS) is 12.4. The van der Waals surface area contributed by atoms with Crippen molar-refractivity contribution in [2.45, 2.75) is 18.8 Å². The number of carbonyl (C=O) groups excluding carboxylic acids is 1. The van der Waals surface area contributed by atoms with Crippen molar-refractivity contribution in [1.82, 2.24) is 0 Å². The predicted octanol–water partition coefficient (Wildman–Crippen LogP) is 1.72. The molecular formula is C12H17BrN2O3. The molecule has 0 heterocycles. The van der Waals surface area contributed by atoms with E-state index in [-0.39, 0.29) is 0 Å². The summed E-state index contributed by atoms with van der Waals surface area (Å²) in [7, 11) is 3.04. The summed E-state index contributed by atoms with van der Waals surface area (Å²) in [6.45, 7) is 0. The zero-order valence-electron chi connectivity index (χ0n) is 10.4. The number of amides is 1. The van der Waals surface area contributed by atoms with Crippen molar-refractivity contribution in [2.75, 3.05) is 19.5 Å². The summed E-state index contributed by atoms with van der Waals surface area (Å²) in [6.07, 6.45) is -0.122. The summed E-state index contributed by atoms with van der Waals surface area (Å²) in [5, 5.41) is 3.05. The first kappa shape index (κ1) is 14.9. The fourth-order valence-electron chi connectivity index (χ4n) is 1.47. The van der Waals surface area contributed by atoms with E-state index in [0.717, 1.165) is 10.2 Å². The molecule has 0 fully saturated rings. The molecule has 18 heavy (non-hydrogen) atoms. The highest BCUT2D eigenvalue weighted by molar-refractivity contribution is 9.10. The lowest BCUT2D eigenvalue weighted by Gasteiger charge is -2.21. The van der Waals surface area contributed by atoms with Gasteiger partial charge in [0.2, 0.25) is 5.91 Å². The smallest absolute Gasteiger partial charge is 0.240 e. The maximum absolute atomic E-state index is 11.4. The number of hydrogen-bond donors (Lipinski definition) is 2. The van der Waals surface area contributed by atoms with Crippen LogP contribution in [0.4, 0.5) is 5.69 Å². The quantitative estimate of drug-likeness (QED) is 0.751. The van der Waals surface area contributed by atoms with Gasteiger partial charge in [-0.15, -0.1) is 0 Å². The van der Waals surface area contributed by atoms with Gasteiger partial charge in [-0.1, -0.05) is 15.9 Å². The number of carbonyl (C=O) groups is 1. The minimum Gasteiger partial charge on any atom is -0.374 e. The van der Waals surface area contributed by atoms with Gasteiger partial charge < -0.3 is 20.5 Å². The molecule has 0 aromatic heterocycles. The topological polar surface area (TPSA) is 73.6 Å². The molecule has 1 aromatic carbocycles. The van der Waals surface area contributed by atoms with Crippen molar-refractivity contribution in [1.29, 1.82) is 0 Å². The van der Waals surface area contributed by atoms with Gasteiger partial charge in [0.05, 0.1) is 0 Å². The predicted molar refractivity (Wildman–Crippen MR) is 73.2 cm³/mol. The summed E-state index contributed by atoms with van der Waals surface area (Å²) < 4.78 is 11.1. The van der Waals surface area contributed by atoms with Crippen LogP contribution in [0, 0.1) is 0 Å². The second-order valence-corrected chi connectivity index (χ2v) is 4.66. The molecule has 6 heteroatoms. The van der Waals surface area contributed by atoms with Crippen LogP contribution in [-0.4, -0.2) is 32.5 Å². The summed E-state index contributed by atoms with van der Waals surface area (Å²) in [6, 6.07) is 6.93. The van der Waals surface area contributed by atoms with Gasteiger partial charge >= 0.3 is 0 Å². The Morgan fingerprint density at radius 1 is 1.33 bits per heavy atom. The largest absolute Gasteiger partial charge is 0.374 e. The maximum atomic E-state index is 11.4. The molecule has 0 aliphatic carbocycles. The molecule has 0 radical (unpaired) electrons. The summed E-state index contributed by atoms with van der Waals surface area (Å²) in [5.74, 6) is -0.447. The first-order valence-electron chi connectivity index (χ1n) is 5.43. The van der Waals surface area contributed by atoms with Crippen molar-refractivity contribution in [3.8, 4) is 0 Å². The lowest BCUT2D eigenvalue weighted by atomic mass is 10.1. The van der Waals surface area contributed by atoms with E-state index >= 15 is 0 Å². The minimum atomic E-state index is -0.545. The van der Waals surface area contributed by atoms with Gasteiger partial charge in [-0.2, -0.15) is 0 Å². The molecule has 1 amide bonds. The number of ether oxygens (including phenoxy) is 2. The Labute approximate surface area is 115 Å². The fourth-order valence-corrected chi connectivity index (χ4v) is 1.74. The number of primary amides is 1. The van der Waals surface area contributed by atoms with Gasteiger partial charge in [-0.3, -0.25) is 4.79 Å². The van der Waals surface area contributed by atoms with E-state index in [9.17, 15) is 4.79 Å². The van der Waals surface area contributed by atoms with E-state index in [0.29, 0.717) is 6.42 Å².